The van der Waals surface area contributed by atoms with Crippen LogP contribution in [-0.4, -0.2) is 17.6 Å². The summed E-state index contributed by atoms with van der Waals surface area (Å²) in [5.41, 5.74) is 0.961. The Hall–Kier alpha value is -2.35. The first-order valence-corrected chi connectivity index (χ1v) is 6.44. The van der Waals surface area contributed by atoms with E-state index in [2.05, 4.69) is 17.2 Å². The second-order valence-electron chi connectivity index (χ2n) is 4.12. The van der Waals surface area contributed by atoms with Gasteiger partial charge in [-0.2, -0.15) is 0 Å². The average molecular weight is 304 g/mol. The summed E-state index contributed by atoms with van der Waals surface area (Å²) < 4.78 is 13.5. The van der Waals surface area contributed by atoms with Gasteiger partial charge in [-0.3, -0.25) is 4.79 Å². The summed E-state index contributed by atoms with van der Waals surface area (Å²) in [5.74, 6) is 3.99. The quantitative estimate of drug-likeness (QED) is 0.838. The number of aliphatic hydroxyl groups is 1. The first kappa shape index (κ1) is 15.0. The average Bonchev–Trinajstić information content (AvgIpc) is 2.48. The topological polar surface area (TPSA) is 49.3 Å². The first-order valence-electron chi connectivity index (χ1n) is 6.06. The third-order valence-corrected chi connectivity index (χ3v) is 2.88. The maximum absolute atomic E-state index is 13.5. The predicted octanol–water partition coefficient (Wildman–Crippen LogP) is 3.08. The number of carbonyl (C=O) groups excluding carboxylic acids is 1. The number of amides is 1. The molecule has 0 aliphatic heterocycles. The number of benzene rings is 2. The molecule has 0 aromatic heterocycles. The molecule has 5 heteroatoms. The van der Waals surface area contributed by atoms with E-state index in [4.69, 9.17) is 16.7 Å². The number of nitrogens with one attached hydrogen (secondary N) is 1. The van der Waals surface area contributed by atoms with E-state index in [0.717, 1.165) is 0 Å². The molecule has 0 saturated heterocycles. The Kier molecular flexibility index (Phi) is 4.94. The summed E-state index contributed by atoms with van der Waals surface area (Å²) in [6.45, 7) is -0.360. The van der Waals surface area contributed by atoms with E-state index in [1.807, 2.05) is 0 Å². The molecule has 1 amide bonds. The Bertz CT molecular complexity index is 717. The van der Waals surface area contributed by atoms with Crippen molar-refractivity contribution in [2.45, 2.75) is 0 Å². The van der Waals surface area contributed by atoms with Crippen molar-refractivity contribution in [2.75, 3.05) is 11.9 Å². The number of anilines is 1. The summed E-state index contributed by atoms with van der Waals surface area (Å²) in [7, 11) is 0. The van der Waals surface area contributed by atoms with Crippen molar-refractivity contribution >= 4 is 23.2 Å². The highest BCUT2D eigenvalue weighted by atomic mass is 35.5. The van der Waals surface area contributed by atoms with Gasteiger partial charge in [-0.05, 0) is 42.5 Å². The lowest BCUT2D eigenvalue weighted by molar-refractivity contribution is 0.102. The van der Waals surface area contributed by atoms with Crippen molar-refractivity contribution in [1.82, 2.24) is 0 Å². The van der Waals surface area contributed by atoms with Crippen LogP contribution in [0.3, 0.4) is 0 Å². The van der Waals surface area contributed by atoms with Gasteiger partial charge in [0.05, 0.1) is 5.56 Å². The van der Waals surface area contributed by atoms with Gasteiger partial charge in [0, 0.05) is 16.3 Å². The minimum atomic E-state index is -0.513. The van der Waals surface area contributed by atoms with Crippen molar-refractivity contribution in [3.05, 3.63) is 64.4 Å². The van der Waals surface area contributed by atoms with Gasteiger partial charge in [0.2, 0.25) is 0 Å². The molecular formula is C16H11ClFNO2. The third-order valence-electron chi connectivity index (χ3n) is 2.63. The Labute approximate surface area is 126 Å². The minimum absolute atomic E-state index is 0.109. The highest BCUT2D eigenvalue weighted by Crippen LogP contribution is 2.16. The molecule has 2 aromatic rings. The van der Waals surface area contributed by atoms with Gasteiger partial charge < -0.3 is 10.4 Å². The van der Waals surface area contributed by atoms with E-state index in [1.165, 1.54) is 18.2 Å². The van der Waals surface area contributed by atoms with Crippen LogP contribution in [0.1, 0.15) is 15.9 Å². The monoisotopic (exact) mass is 303 g/mol. The number of hydrogen-bond donors (Lipinski definition) is 2. The molecular weight excluding hydrogens is 293 g/mol. The molecule has 0 heterocycles. The van der Waals surface area contributed by atoms with Crippen LogP contribution in [-0.2, 0) is 0 Å². The zero-order chi connectivity index (χ0) is 15.2. The number of aliphatic hydroxyl groups excluding tert-OH is 1. The maximum Gasteiger partial charge on any atom is 0.255 e. The zero-order valence-electron chi connectivity index (χ0n) is 10.9. The Morgan fingerprint density at radius 3 is 2.62 bits per heavy atom. The molecule has 2 rings (SSSR count). The van der Waals surface area contributed by atoms with Crippen molar-refractivity contribution < 1.29 is 14.3 Å². The van der Waals surface area contributed by atoms with E-state index >= 15 is 0 Å². The van der Waals surface area contributed by atoms with E-state index in [9.17, 15) is 9.18 Å². The lowest BCUT2D eigenvalue weighted by Gasteiger charge is -2.06. The molecule has 0 bridgehead atoms. The zero-order valence-corrected chi connectivity index (χ0v) is 11.6. The molecule has 0 fully saturated rings. The van der Waals surface area contributed by atoms with Crippen LogP contribution in [0.5, 0.6) is 0 Å². The Balaban J connectivity index is 2.19. The van der Waals surface area contributed by atoms with Crippen molar-refractivity contribution in [3.8, 4) is 11.8 Å². The fourth-order valence-electron chi connectivity index (χ4n) is 1.64. The summed E-state index contributed by atoms with van der Waals surface area (Å²) in [4.78, 5) is 12.0. The second kappa shape index (κ2) is 6.89. The molecule has 0 aliphatic rings. The number of hydrogen-bond acceptors (Lipinski definition) is 2. The molecule has 0 radical (unpaired) electrons. The lowest BCUT2D eigenvalue weighted by Crippen LogP contribution is -2.11. The van der Waals surface area contributed by atoms with Gasteiger partial charge in [-0.25, -0.2) is 4.39 Å². The molecule has 106 valence electrons. The number of rotatable bonds is 2. The minimum Gasteiger partial charge on any atom is -0.384 e. The molecule has 0 spiro atoms. The highest BCUT2D eigenvalue weighted by molar-refractivity contribution is 6.30. The summed E-state index contributed by atoms with van der Waals surface area (Å²) in [6, 6.07) is 10.5. The van der Waals surface area contributed by atoms with Gasteiger partial charge in [-0.1, -0.05) is 23.4 Å². The maximum atomic E-state index is 13.5. The normalized spacial score (nSPS) is 9.67. The molecule has 2 aromatic carbocycles. The Morgan fingerprint density at radius 1 is 1.24 bits per heavy atom. The van der Waals surface area contributed by atoms with Crippen LogP contribution >= 0.6 is 11.6 Å². The number of carbonyl (C=O) groups is 1. The predicted molar refractivity (Wildman–Crippen MR) is 79.8 cm³/mol. The molecule has 3 nitrogen and oxygen atoms in total. The van der Waals surface area contributed by atoms with Gasteiger partial charge in [0.25, 0.3) is 5.91 Å². The molecule has 21 heavy (non-hydrogen) atoms. The Morgan fingerprint density at radius 2 is 1.95 bits per heavy atom. The van der Waals surface area contributed by atoms with Gasteiger partial charge in [0.1, 0.15) is 12.4 Å². The SMILES string of the molecule is O=C(Nc1ccc(F)c(C#CCO)c1)c1ccc(Cl)cc1. The van der Waals surface area contributed by atoms with E-state index in [-0.39, 0.29) is 18.1 Å². The van der Waals surface area contributed by atoms with Gasteiger partial charge in [-0.15, -0.1) is 0 Å². The van der Waals surface area contributed by atoms with E-state index in [0.29, 0.717) is 16.3 Å². The van der Waals surface area contributed by atoms with Gasteiger partial charge >= 0.3 is 0 Å². The van der Waals surface area contributed by atoms with Crippen LogP contribution in [0, 0.1) is 17.7 Å². The molecule has 0 aliphatic carbocycles. The van der Waals surface area contributed by atoms with Crippen LogP contribution in [0.4, 0.5) is 10.1 Å². The fourth-order valence-corrected chi connectivity index (χ4v) is 1.76. The van der Waals surface area contributed by atoms with Crippen molar-refractivity contribution in [1.29, 1.82) is 0 Å². The largest absolute Gasteiger partial charge is 0.384 e. The number of halogens is 2. The van der Waals surface area contributed by atoms with Crippen molar-refractivity contribution in [3.63, 3.8) is 0 Å². The van der Waals surface area contributed by atoms with Crippen LogP contribution in [0.2, 0.25) is 5.02 Å². The smallest absolute Gasteiger partial charge is 0.255 e. The van der Waals surface area contributed by atoms with Crippen molar-refractivity contribution in [2.24, 2.45) is 0 Å². The summed E-state index contributed by atoms with van der Waals surface area (Å²) >= 11 is 5.75. The van der Waals surface area contributed by atoms with Crippen LogP contribution in [0.15, 0.2) is 42.5 Å². The van der Waals surface area contributed by atoms with Gasteiger partial charge in [0.15, 0.2) is 0 Å². The van der Waals surface area contributed by atoms with E-state index < -0.39 is 5.82 Å². The summed E-state index contributed by atoms with van der Waals surface area (Å²) in [6.07, 6.45) is 0. The molecule has 0 atom stereocenters. The second-order valence-corrected chi connectivity index (χ2v) is 4.55. The molecule has 0 unspecified atom stereocenters. The lowest BCUT2D eigenvalue weighted by atomic mass is 10.1. The summed E-state index contributed by atoms with van der Waals surface area (Å²) in [5, 5.41) is 11.8. The molecule has 0 saturated carbocycles. The molecule has 2 N–H and O–H groups in total. The van der Waals surface area contributed by atoms with Crippen LogP contribution in [0.25, 0.3) is 0 Å². The fraction of sp³-hybridized carbons (Fsp3) is 0.0625. The third kappa shape index (κ3) is 4.06. The van der Waals surface area contributed by atoms with E-state index in [1.54, 1.807) is 24.3 Å². The van der Waals surface area contributed by atoms with Crippen LogP contribution < -0.4 is 5.32 Å². The standard InChI is InChI=1S/C16H11ClFNO2/c17-13-5-3-11(4-6-13)16(21)19-14-7-8-15(18)12(10-14)2-1-9-20/h3-8,10,20H,9H2,(H,19,21). The first-order chi connectivity index (χ1) is 10.1. The highest BCUT2D eigenvalue weighted by Gasteiger charge is 2.07.